The van der Waals surface area contributed by atoms with E-state index in [1.807, 2.05) is 12.1 Å². The van der Waals surface area contributed by atoms with Crippen molar-refractivity contribution in [1.29, 1.82) is 5.26 Å². The van der Waals surface area contributed by atoms with Crippen LogP contribution >= 0.6 is 0 Å². The van der Waals surface area contributed by atoms with Gasteiger partial charge in [-0.15, -0.1) is 0 Å². The van der Waals surface area contributed by atoms with Gasteiger partial charge in [-0.25, -0.2) is 0 Å². The monoisotopic (exact) mass is 243 g/mol. The lowest BCUT2D eigenvalue weighted by Gasteiger charge is -2.29. The van der Waals surface area contributed by atoms with Gasteiger partial charge < -0.3 is 10.6 Å². The summed E-state index contributed by atoms with van der Waals surface area (Å²) in [6.07, 6.45) is 2.24. The summed E-state index contributed by atoms with van der Waals surface area (Å²) in [4.78, 5) is 2.14. The number of anilines is 2. The van der Waals surface area contributed by atoms with E-state index in [4.69, 9.17) is 11.0 Å². The topological polar surface area (TPSA) is 81.7 Å². The molecule has 0 atom stereocenters. The summed E-state index contributed by atoms with van der Waals surface area (Å²) in [5, 5.41) is 16.7. The molecule has 5 heteroatoms. The highest BCUT2D eigenvalue weighted by atomic mass is 15.2. The maximum atomic E-state index is 8.73. The zero-order chi connectivity index (χ0) is 13.1. The van der Waals surface area contributed by atoms with Crippen LogP contribution in [0.3, 0.4) is 0 Å². The molecule has 1 aromatic heterocycles. The standard InChI is InChI=1S/C13H17N5/c1-9(2)18(5-3-4-14)13-7-12-10(6-11(13)15)8-16-17-12/h6-9H,3,5,15H2,1-2H3,(H,16,17). The number of aromatic nitrogens is 2. The van der Waals surface area contributed by atoms with Crippen LogP contribution in [-0.4, -0.2) is 22.8 Å². The Morgan fingerprint density at radius 1 is 1.50 bits per heavy atom. The summed E-state index contributed by atoms with van der Waals surface area (Å²) in [5.74, 6) is 0. The molecule has 94 valence electrons. The van der Waals surface area contributed by atoms with Crippen molar-refractivity contribution in [1.82, 2.24) is 10.2 Å². The number of nitrogen functional groups attached to an aromatic ring is 1. The molecule has 0 spiro atoms. The molecule has 0 bridgehead atoms. The Labute approximate surface area is 106 Å². The van der Waals surface area contributed by atoms with Crippen LogP contribution in [0.2, 0.25) is 0 Å². The Kier molecular flexibility index (Phi) is 3.38. The summed E-state index contributed by atoms with van der Waals surface area (Å²) in [5.41, 5.74) is 8.72. The number of hydrogen-bond donors (Lipinski definition) is 2. The van der Waals surface area contributed by atoms with Crippen molar-refractivity contribution in [2.45, 2.75) is 26.3 Å². The van der Waals surface area contributed by atoms with Gasteiger partial charge in [0.25, 0.3) is 0 Å². The molecule has 0 radical (unpaired) electrons. The van der Waals surface area contributed by atoms with Crippen LogP contribution in [0.1, 0.15) is 20.3 Å². The predicted molar refractivity (Wildman–Crippen MR) is 73.2 cm³/mol. The second kappa shape index (κ2) is 4.96. The number of benzene rings is 1. The first-order valence-corrected chi connectivity index (χ1v) is 5.99. The fraction of sp³-hybridized carbons (Fsp3) is 0.385. The van der Waals surface area contributed by atoms with Gasteiger partial charge in [0.1, 0.15) is 0 Å². The lowest BCUT2D eigenvalue weighted by Crippen LogP contribution is -2.32. The number of fused-ring (bicyclic) bond motifs is 1. The Balaban J connectivity index is 2.42. The van der Waals surface area contributed by atoms with Crippen molar-refractivity contribution in [3.63, 3.8) is 0 Å². The number of hydrogen-bond acceptors (Lipinski definition) is 4. The van der Waals surface area contributed by atoms with Crippen molar-refractivity contribution in [2.75, 3.05) is 17.2 Å². The molecule has 2 aromatic rings. The molecule has 0 unspecified atom stereocenters. The van der Waals surface area contributed by atoms with Crippen molar-refractivity contribution >= 4 is 22.3 Å². The molecule has 3 N–H and O–H groups in total. The normalized spacial score (nSPS) is 10.8. The minimum Gasteiger partial charge on any atom is -0.397 e. The van der Waals surface area contributed by atoms with Crippen molar-refractivity contribution in [2.24, 2.45) is 0 Å². The molecule has 0 aliphatic carbocycles. The number of nitriles is 1. The van der Waals surface area contributed by atoms with Gasteiger partial charge in [-0.1, -0.05) is 0 Å². The van der Waals surface area contributed by atoms with Gasteiger partial charge in [-0.3, -0.25) is 5.10 Å². The number of nitrogens with two attached hydrogens (primary N) is 1. The Morgan fingerprint density at radius 3 is 2.94 bits per heavy atom. The zero-order valence-electron chi connectivity index (χ0n) is 10.6. The Bertz CT molecular complexity index is 579. The zero-order valence-corrected chi connectivity index (χ0v) is 10.6. The summed E-state index contributed by atoms with van der Waals surface area (Å²) in [6, 6.07) is 6.37. The summed E-state index contributed by atoms with van der Waals surface area (Å²) >= 11 is 0. The second-order valence-corrected chi connectivity index (χ2v) is 4.56. The maximum Gasteiger partial charge on any atom is 0.0672 e. The smallest absolute Gasteiger partial charge is 0.0672 e. The number of nitrogens with zero attached hydrogens (tertiary/aromatic N) is 3. The van der Waals surface area contributed by atoms with Gasteiger partial charge in [0.2, 0.25) is 0 Å². The van der Waals surface area contributed by atoms with Crippen molar-refractivity contribution in [3.05, 3.63) is 18.3 Å². The van der Waals surface area contributed by atoms with E-state index in [2.05, 4.69) is 35.0 Å². The first-order chi connectivity index (χ1) is 8.63. The van der Waals surface area contributed by atoms with Crippen LogP contribution in [0.5, 0.6) is 0 Å². The third-order valence-electron chi connectivity index (χ3n) is 2.98. The predicted octanol–water partition coefficient (Wildman–Crippen LogP) is 2.27. The molecule has 2 rings (SSSR count). The molecule has 0 aliphatic rings. The van der Waals surface area contributed by atoms with Gasteiger partial charge in [-0.05, 0) is 26.0 Å². The largest absolute Gasteiger partial charge is 0.397 e. The van der Waals surface area contributed by atoms with E-state index in [1.54, 1.807) is 6.20 Å². The van der Waals surface area contributed by atoms with E-state index in [9.17, 15) is 0 Å². The van der Waals surface area contributed by atoms with Crippen molar-refractivity contribution in [3.8, 4) is 6.07 Å². The van der Waals surface area contributed by atoms with Gasteiger partial charge in [-0.2, -0.15) is 10.4 Å². The van der Waals surface area contributed by atoms with E-state index < -0.39 is 0 Å². The molecule has 1 aromatic carbocycles. The van der Waals surface area contributed by atoms with Crippen LogP contribution in [0.4, 0.5) is 11.4 Å². The molecule has 0 amide bonds. The number of nitrogens with one attached hydrogen (secondary N) is 1. The average molecular weight is 243 g/mol. The van der Waals surface area contributed by atoms with E-state index >= 15 is 0 Å². The Hall–Kier alpha value is -2.22. The molecule has 18 heavy (non-hydrogen) atoms. The lowest BCUT2D eigenvalue weighted by atomic mass is 10.1. The fourth-order valence-electron chi connectivity index (χ4n) is 2.07. The van der Waals surface area contributed by atoms with Crippen LogP contribution in [-0.2, 0) is 0 Å². The highest BCUT2D eigenvalue weighted by molar-refractivity contribution is 5.89. The second-order valence-electron chi connectivity index (χ2n) is 4.56. The summed E-state index contributed by atoms with van der Waals surface area (Å²) < 4.78 is 0. The van der Waals surface area contributed by atoms with Crippen LogP contribution in [0, 0.1) is 11.3 Å². The molecule has 1 heterocycles. The average Bonchev–Trinajstić information content (AvgIpc) is 2.76. The van der Waals surface area contributed by atoms with Gasteiger partial charge in [0.15, 0.2) is 0 Å². The first-order valence-electron chi connectivity index (χ1n) is 5.99. The van der Waals surface area contributed by atoms with Gasteiger partial charge >= 0.3 is 0 Å². The van der Waals surface area contributed by atoms with Crippen LogP contribution in [0.15, 0.2) is 18.3 Å². The third kappa shape index (κ3) is 2.23. The number of aromatic amines is 1. The number of rotatable bonds is 4. The SMILES string of the molecule is CC(C)N(CCC#N)c1cc2[nH]ncc2cc1N. The molecule has 0 saturated carbocycles. The molecular weight excluding hydrogens is 226 g/mol. The highest BCUT2D eigenvalue weighted by Crippen LogP contribution is 2.29. The highest BCUT2D eigenvalue weighted by Gasteiger charge is 2.14. The van der Waals surface area contributed by atoms with Crippen molar-refractivity contribution < 1.29 is 0 Å². The minimum atomic E-state index is 0.293. The summed E-state index contributed by atoms with van der Waals surface area (Å²) in [7, 11) is 0. The summed E-state index contributed by atoms with van der Waals surface area (Å²) in [6.45, 7) is 4.86. The van der Waals surface area contributed by atoms with Gasteiger partial charge in [0.05, 0.1) is 35.6 Å². The van der Waals surface area contributed by atoms with Crippen LogP contribution < -0.4 is 10.6 Å². The maximum absolute atomic E-state index is 8.73. The third-order valence-corrected chi connectivity index (χ3v) is 2.98. The first kappa shape index (κ1) is 12.2. The molecule has 5 nitrogen and oxygen atoms in total. The van der Waals surface area contributed by atoms with E-state index in [0.29, 0.717) is 19.0 Å². The molecule has 0 aliphatic heterocycles. The molecule has 0 fully saturated rings. The molecular formula is C13H17N5. The van der Waals surface area contributed by atoms with E-state index in [-0.39, 0.29) is 0 Å². The van der Waals surface area contributed by atoms with Crippen LogP contribution in [0.25, 0.3) is 10.9 Å². The van der Waals surface area contributed by atoms with Gasteiger partial charge in [0, 0.05) is 18.0 Å². The lowest BCUT2D eigenvalue weighted by molar-refractivity contribution is 0.688. The number of H-pyrrole nitrogens is 1. The quantitative estimate of drug-likeness (QED) is 0.807. The van der Waals surface area contributed by atoms with E-state index in [0.717, 1.165) is 22.3 Å². The molecule has 0 saturated heterocycles. The fourth-order valence-corrected chi connectivity index (χ4v) is 2.07. The van der Waals surface area contributed by atoms with E-state index in [1.165, 1.54) is 0 Å². The minimum absolute atomic E-state index is 0.293. The Morgan fingerprint density at radius 2 is 2.28 bits per heavy atom.